The second kappa shape index (κ2) is 12.2. The van der Waals surface area contributed by atoms with E-state index < -0.39 is 15.3 Å². The highest BCUT2D eigenvalue weighted by molar-refractivity contribution is 7.89. The fourth-order valence-corrected chi connectivity index (χ4v) is 6.10. The van der Waals surface area contributed by atoms with Gasteiger partial charge in [0.2, 0.25) is 10.0 Å². The highest BCUT2D eigenvalue weighted by atomic mass is 32.2. The van der Waals surface area contributed by atoms with Crippen LogP contribution >= 0.6 is 0 Å². The summed E-state index contributed by atoms with van der Waals surface area (Å²) in [4.78, 5) is 0. The number of ether oxygens (including phenoxy) is 3. The monoisotopic (exact) mass is 473 g/mol. The predicted octanol–water partition coefficient (Wildman–Crippen LogP) is 4.94. The van der Waals surface area contributed by atoms with Crippen LogP contribution in [0.1, 0.15) is 43.2 Å². The molecule has 0 aromatic heterocycles. The molecular weight excluding hydrogens is 438 g/mol. The second-order valence-electron chi connectivity index (χ2n) is 8.37. The molecule has 2 atom stereocenters. The molecule has 0 radical (unpaired) electrons. The first-order valence-electron chi connectivity index (χ1n) is 11.4. The van der Waals surface area contributed by atoms with E-state index in [1.54, 1.807) is 24.6 Å². The zero-order valence-electron chi connectivity index (χ0n) is 19.6. The largest absolute Gasteiger partial charge is 0.497 e. The quantitative estimate of drug-likeness (QED) is 0.386. The van der Waals surface area contributed by atoms with Crippen LogP contribution in [0, 0.1) is 0 Å². The molecule has 33 heavy (non-hydrogen) atoms. The summed E-state index contributed by atoms with van der Waals surface area (Å²) in [7, 11) is -0.376. The first-order valence-corrected chi connectivity index (χ1v) is 12.9. The van der Waals surface area contributed by atoms with Crippen LogP contribution < -0.4 is 9.47 Å². The van der Waals surface area contributed by atoms with Gasteiger partial charge in [-0.3, -0.25) is 0 Å². The van der Waals surface area contributed by atoms with Crippen molar-refractivity contribution in [2.24, 2.45) is 0 Å². The van der Waals surface area contributed by atoms with Gasteiger partial charge < -0.3 is 14.2 Å². The summed E-state index contributed by atoms with van der Waals surface area (Å²) in [5, 5.41) is -0.518. The van der Waals surface area contributed by atoms with Gasteiger partial charge in [0, 0.05) is 19.7 Å². The molecule has 2 aromatic carbocycles. The lowest BCUT2D eigenvalue weighted by Crippen LogP contribution is -2.39. The van der Waals surface area contributed by atoms with Crippen LogP contribution in [-0.2, 0) is 27.8 Å². The molecule has 6 nitrogen and oxygen atoms in total. The number of benzene rings is 2. The van der Waals surface area contributed by atoms with Crippen LogP contribution in [0.15, 0.2) is 61.2 Å². The van der Waals surface area contributed by atoms with Gasteiger partial charge in [-0.2, -0.15) is 4.31 Å². The van der Waals surface area contributed by atoms with Gasteiger partial charge in [-0.25, -0.2) is 8.42 Å². The minimum Gasteiger partial charge on any atom is -0.497 e. The maximum Gasteiger partial charge on any atom is 0.217 e. The average Bonchev–Trinajstić information content (AvgIpc) is 3.35. The Morgan fingerprint density at radius 1 is 1.03 bits per heavy atom. The first-order chi connectivity index (χ1) is 16.0. The van der Waals surface area contributed by atoms with Crippen molar-refractivity contribution in [1.82, 2.24) is 4.31 Å². The standard InChI is InChI=1S/C26H35NO5S/c1-4-5-8-26(18-25-7-6-17-32-25)33(28,29)27(19-21-9-13-23(30-2)14-10-21)20-22-11-15-24(31-3)16-12-22/h4,9-16,25-26H,1,5-8,17-20H2,2-3H3/t25-,26-/m0/s1. The summed E-state index contributed by atoms with van der Waals surface area (Å²) in [5.41, 5.74) is 1.82. The molecule has 3 rings (SSSR count). The van der Waals surface area contributed by atoms with E-state index in [0.29, 0.717) is 25.9 Å². The topological polar surface area (TPSA) is 65.1 Å². The van der Waals surface area contributed by atoms with Crippen molar-refractivity contribution in [3.63, 3.8) is 0 Å². The molecule has 2 aromatic rings. The molecule has 7 heteroatoms. The summed E-state index contributed by atoms with van der Waals surface area (Å²) in [5.74, 6) is 1.48. The highest BCUT2D eigenvalue weighted by Gasteiger charge is 2.34. The van der Waals surface area contributed by atoms with Crippen molar-refractivity contribution < 1.29 is 22.6 Å². The van der Waals surface area contributed by atoms with Crippen LogP contribution in [0.2, 0.25) is 0 Å². The Bertz CT molecular complexity index is 917. The van der Waals surface area contributed by atoms with Crippen molar-refractivity contribution in [2.45, 2.75) is 56.5 Å². The zero-order valence-corrected chi connectivity index (χ0v) is 20.4. The van der Waals surface area contributed by atoms with Crippen molar-refractivity contribution in [2.75, 3.05) is 20.8 Å². The Morgan fingerprint density at radius 2 is 1.58 bits per heavy atom. The lowest BCUT2D eigenvalue weighted by atomic mass is 10.1. The molecule has 180 valence electrons. The van der Waals surface area contributed by atoms with Gasteiger partial charge in [0.25, 0.3) is 0 Å². The highest BCUT2D eigenvalue weighted by Crippen LogP contribution is 2.28. The van der Waals surface area contributed by atoms with E-state index in [4.69, 9.17) is 14.2 Å². The number of rotatable bonds is 13. The Hall–Kier alpha value is -2.35. The van der Waals surface area contributed by atoms with Crippen LogP contribution in [-0.4, -0.2) is 44.9 Å². The van der Waals surface area contributed by atoms with Crippen LogP contribution in [0.4, 0.5) is 0 Å². The fourth-order valence-electron chi connectivity index (χ4n) is 4.13. The maximum atomic E-state index is 14.0. The predicted molar refractivity (Wildman–Crippen MR) is 131 cm³/mol. The lowest BCUT2D eigenvalue weighted by Gasteiger charge is -2.29. The fraction of sp³-hybridized carbons (Fsp3) is 0.462. The van der Waals surface area contributed by atoms with E-state index in [2.05, 4.69) is 6.58 Å². The number of sulfonamides is 1. The van der Waals surface area contributed by atoms with Gasteiger partial charge in [-0.05, 0) is 67.5 Å². The Balaban J connectivity index is 1.89. The van der Waals surface area contributed by atoms with E-state index in [0.717, 1.165) is 35.5 Å². The van der Waals surface area contributed by atoms with Gasteiger partial charge in [-0.15, -0.1) is 6.58 Å². The molecule has 1 aliphatic rings. The lowest BCUT2D eigenvalue weighted by molar-refractivity contribution is 0.102. The van der Waals surface area contributed by atoms with E-state index in [1.807, 2.05) is 48.5 Å². The molecule has 0 bridgehead atoms. The number of nitrogens with zero attached hydrogens (tertiary/aromatic N) is 1. The number of allylic oxidation sites excluding steroid dienone is 1. The molecule has 1 heterocycles. The third kappa shape index (κ3) is 7.06. The minimum atomic E-state index is -3.61. The summed E-state index contributed by atoms with van der Waals surface area (Å²) in [6.07, 6.45) is 5.38. The van der Waals surface area contributed by atoms with Gasteiger partial charge in [0.1, 0.15) is 11.5 Å². The molecule has 0 N–H and O–H groups in total. The number of hydrogen-bond donors (Lipinski definition) is 0. The summed E-state index contributed by atoms with van der Waals surface area (Å²) < 4.78 is 45.8. The van der Waals surface area contributed by atoms with Crippen molar-refractivity contribution in [3.8, 4) is 11.5 Å². The Labute approximate surface area is 198 Å². The normalized spacial score (nSPS) is 17.1. The van der Waals surface area contributed by atoms with Gasteiger partial charge in [-0.1, -0.05) is 30.3 Å². The van der Waals surface area contributed by atoms with Gasteiger partial charge in [0.15, 0.2) is 0 Å². The molecule has 0 amide bonds. The van der Waals surface area contributed by atoms with Crippen LogP contribution in [0.3, 0.4) is 0 Å². The first kappa shape index (κ1) is 25.3. The molecule has 0 aliphatic carbocycles. The third-order valence-electron chi connectivity index (χ3n) is 6.06. The Kier molecular flexibility index (Phi) is 9.35. The smallest absolute Gasteiger partial charge is 0.217 e. The third-order valence-corrected chi connectivity index (χ3v) is 8.31. The minimum absolute atomic E-state index is 0.00147. The molecule has 0 saturated carbocycles. The van der Waals surface area contributed by atoms with Gasteiger partial charge >= 0.3 is 0 Å². The van der Waals surface area contributed by atoms with E-state index in [-0.39, 0.29) is 19.2 Å². The Morgan fingerprint density at radius 3 is 2.00 bits per heavy atom. The van der Waals surface area contributed by atoms with Crippen molar-refractivity contribution >= 4 is 10.0 Å². The van der Waals surface area contributed by atoms with Crippen LogP contribution in [0.5, 0.6) is 11.5 Å². The molecule has 1 aliphatic heterocycles. The summed E-state index contributed by atoms with van der Waals surface area (Å²) >= 11 is 0. The average molecular weight is 474 g/mol. The molecule has 1 saturated heterocycles. The molecule has 1 fully saturated rings. The van der Waals surface area contributed by atoms with Crippen LogP contribution in [0.25, 0.3) is 0 Å². The molecular formula is C26H35NO5S. The van der Waals surface area contributed by atoms with E-state index >= 15 is 0 Å². The maximum absolute atomic E-state index is 14.0. The summed E-state index contributed by atoms with van der Waals surface area (Å²) in [6, 6.07) is 15.1. The van der Waals surface area contributed by atoms with Crippen molar-refractivity contribution in [1.29, 1.82) is 0 Å². The number of hydrogen-bond acceptors (Lipinski definition) is 5. The summed E-state index contributed by atoms with van der Waals surface area (Å²) in [6.45, 7) is 5.08. The second-order valence-corrected chi connectivity index (χ2v) is 10.6. The number of methoxy groups -OCH3 is 2. The van der Waals surface area contributed by atoms with Crippen molar-refractivity contribution in [3.05, 3.63) is 72.3 Å². The molecule has 0 spiro atoms. The van der Waals surface area contributed by atoms with Gasteiger partial charge in [0.05, 0.1) is 25.6 Å². The van der Waals surface area contributed by atoms with E-state index in [9.17, 15) is 8.42 Å². The zero-order chi connectivity index (χ0) is 23.7. The molecule has 0 unspecified atom stereocenters. The van der Waals surface area contributed by atoms with E-state index in [1.165, 1.54) is 0 Å². The SMILES string of the molecule is C=CCC[C@@H](C[C@@H]1CCCO1)S(=O)(=O)N(Cc1ccc(OC)cc1)Cc1ccc(OC)cc1.